The van der Waals surface area contributed by atoms with E-state index in [4.69, 9.17) is 23.2 Å². The van der Waals surface area contributed by atoms with Gasteiger partial charge in [0.1, 0.15) is 40.3 Å². The third-order valence-electron chi connectivity index (χ3n) is 13.4. The van der Waals surface area contributed by atoms with Gasteiger partial charge in [0, 0.05) is 22.3 Å². The van der Waals surface area contributed by atoms with Gasteiger partial charge in [-0.15, -0.1) is 45.3 Å². The molecule has 472 valence electrons. The standard InChI is InChI=1S/2C29H18ClN7O6S4.2Na/c2*30-27-35-28(33-19-11-9-15(46(38,39)40)13-17(19)25-31-21-5-1-3-7-23(21)44-25)37-29(36-27)34-20-12-10-16(47(41,42)43)14-18(20)26-32-22-6-2-4-8-24(22)45-26;;/h2*1-14H,(H,38,39,40)(H,41,42,43)(H2,33,34,35,36,37);;/q;;2*+1/p-2. The van der Waals surface area contributed by atoms with Crippen LogP contribution in [-0.4, -0.2) is 102 Å². The number of fused-ring (bicyclic) bond motifs is 4. The number of hydrogen-bond acceptors (Lipinski definition) is 28. The van der Waals surface area contributed by atoms with Gasteiger partial charge in [-0.2, -0.15) is 46.7 Å². The van der Waals surface area contributed by atoms with Gasteiger partial charge in [-0.3, -0.25) is 9.11 Å². The number of aromatic nitrogens is 10. The number of halogens is 2. The smallest absolute Gasteiger partial charge is 0.744 e. The van der Waals surface area contributed by atoms with Crippen LogP contribution in [0.25, 0.3) is 83.2 Å². The van der Waals surface area contributed by atoms with Crippen molar-refractivity contribution in [2.75, 3.05) is 21.3 Å². The van der Waals surface area contributed by atoms with Crippen molar-refractivity contribution in [1.29, 1.82) is 0 Å². The Bertz CT molecular complexity index is 5040. The SMILES string of the molecule is O=S(=O)([O-])c1ccc(Nc2nc(Cl)nc(Nc3ccc(S(=O)(=O)O)cc3-c3nc4ccccc4s3)n2)c(-c2nc3ccccc3s2)c1.O=S(=O)([O-])c1ccc(Nc2nc(Cl)nc(Nc3ccc(S(=O)(=O)O)cc3-c3nc4ccccc4s3)n2)c(-c2nc3ccccc3s2)c1.[Na+].[Na+]. The molecule has 8 aromatic carbocycles. The first-order valence-electron chi connectivity index (χ1n) is 26.6. The zero-order valence-corrected chi connectivity index (χ0v) is 60.7. The molecule has 0 atom stereocenters. The van der Waals surface area contributed by atoms with Crippen LogP contribution in [0.3, 0.4) is 0 Å². The van der Waals surface area contributed by atoms with E-state index < -0.39 is 50.3 Å². The summed E-state index contributed by atoms with van der Waals surface area (Å²) in [5, 5.41) is 13.5. The van der Waals surface area contributed by atoms with Crippen LogP contribution in [0.5, 0.6) is 0 Å². The van der Waals surface area contributed by atoms with E-state index in [-0.39, 0.29) is 103 Å². The number of hydrogen-bond donors (Lipinski definition) is 6. The molecule has 0 spiro atoms. The van der Waals surface area contributed by atoms with Crippen molar-refractivity contribution in [1.82, 2.24) is 49.8 Å². The second-order valence-electron chi connectivity index (χ2n) is 19.6. The summed E-state index contributed by atoms with van der Waals surface area (Å²) in [7, 11) is -18.6. The van der Waals surface area contributed by atoms with E-state index in [2.05, 4.69) is 71.1 Å². The van der Waals surface area contributed by atoms with E-state index in [1.54, 1.807) is 0 Å². The molecular weight excluding hydrogens is 1460 g/mol. The molecule has 0 radical (unpaired) electrons. The molecule has 6 heterocycles. The largest absolute Gasteiger partial charge is 1.00 e. The first kappa shape index (κ1) is 70.1. The van der Waals surface area contributed by atoms with Gasteiger partial charge >= 0.3 is 59.1 Å². The van der Waals surface area contributed by atoms with Crippen LogP contribution in [0.2, 0.25) is 10.6 Å². The summed E-state index contributed by atoms with van der Waals surface area (Å²) >= 11 is 17.8. The molecule has 0 saturated heterocycles. The molecular formula is C58H34Cl2N14Na2O12S8. The van der Waals surface area contributed by atoms with E-state index in [9.17, 15) is 51.9 Å². The maximum absolute atomic E-state index is 12.0. The zero-order chi connectivity index (χ0) is 65.8. The molecule has 0 unspecified atom stereocenters. The Morgan fingerprint density at radius 1 is 0.323 bits per heavy atom. The molecule has 38 heteroatoms. The van der Waals surface area contributed by atoms with Crippen LogP contribution in [0.1, 0.15) is 0 Å². The number of nitrogens with zero attached hydrogens (tertiary/aromatic N) is 10. The minimum atomic E-state index is -4.78. The molecule has 0 bridgehead atoms. The Kier molecular flexibility index (Phi) is 20.7. The fraction of sp³-hybridized carbons (Fsp3) is 0. The molecule has 0 amide bonds. The summed E-state index contributed by atoms with van der Waals surface area (Å²) in [5.74, 6) is -0.142. The number of rotatable bonds is 16. The first-order chi connectivity index (χ1) is 44.8. The van der Waals surface area contributed by atoms with E-state index in [1.807, 2.05) is 97.1 Å². The van der Waals surface area contributed by atoms with Crippen LogP contribution in [0.4, 0.5) is 46.5 Å². The van der Waals surface area contributed by atoms with Crippen molar-refractivity contribution in [3.63, 3.8) is 0 Å². The van der Waals surface area contributed by atoms with Crippen LogP contribution < -0.4 is 80.4 Å². The van der Waals surface area contributed by atoms with E-state index in [0.29, 0.717) is 87.1 Å². The maximum Gasteiger partial charge on any atom is 1.00 e. The summed E-state index contributed by atoms with van der Waals surface area (Å²) in [6.07, 6.45) is 0. The van der Waals surface area contributed by atoms with Crippen molar-refractivity contribution in [3.8, 4) is 42.3 Å². The molecule has 6 N–H and O–H groups in total. The van der Waals surface area contributed by atoms with Crippen LogP contribution >= 0.6 is 68.5 Å². The Balaban J connectivity index is 0.000000191. The van der Waals surface area contributed by atoms with Crippen LogP contribution in [0, 0.1) is 0 Å². The van der Waals surface area contributed by atoms with Gasteiger partial charge in [-0.25, -0.2) is 36.8 Å². The van der Waals surface area contributed by atoms with Crippen molar-refractivity contribution in [2.45, 2.75) is 19.6 Å². The van der Waals surface area contributed by atoms with Crippen LogP contribution in [0.15, 0.2) is 189 Å². The van der Waals surface area contributed by atoms with Gasteiger partial charge in [0.05, 0.1) is 83.2 Å². The number of para-hydroxylation sites is 4. The predicted octanol–water partition coefficient (Wildman–Crippen LogP) is 7.44. The van der Waals surface area contributed by atoms with Crippen LogP contribution in [-0.2, 0) is 40.5 Å². The number of anilines is 8. The molecule has 0 fully saturated rings. The summed E-state index contributed by atoms with van der Waals surface area (Å²) in [6.45, 7) is 0. The maximum atomic E-state index is 12.0. The molecule has 14 rings (SSSR count). The summed E-state index contributed by atoms with van der Waals surface area (Å²) in [5.41, 5.74) is 5.46. The van der Waals surface area contributed by atoms with Crippen molar-refractivity contribution >= 4 is 196 Å². The van der Waals surface area contributed by atoms with Crippen molar-refractivity contribution < 1.29 is 111 Å². The Morgan fingerprint density at radius 2 is 0.552 bits per heavy atom. The quantitative estimate of drug-likeness (QED) is 0.0404. The average molecular weight is 1490 g/mol. The average Bonchev–Trinajstić information content (AvgIpc) is 1.60. The molecule has 0 saturated carbocycles. The van der Waals surface area contributed by atoms with Gasteiger partial charge in [0.25, 0.3) is 20.2 Å². The molecule has 14 aromatic rings. The minimum absolute atomic E-state index is 0. The fourth-order valence-corrected chi connectivity index (χ4v) is 15.5. The van der Waals surface area contributed by atoms with Gasteiger partial charge in [0.15, 0.2) is 0 Å². The molecule has 6 aromatic heterocycles. The van der Waals surface area contributed by atoms with Gasteiger partial charge in [-0.1, -0.05) is 48.5 Å². The van der Waals surface area contributed by atoms with Crippen molar-refractivity contribution in [3.05, 3.63) is 180 Å². The summed E-state index contributed by atoms with van der Waals surface area (Å²) in [4.78, 5) is 42.3. The molecule has 0 aliphatic rings. The molecule has 0 aliphatic heterocycles. The second kappa shape index (κ2) is 28.3. The predicted molar refractivity (Wildman–Crippen MR) is 359 cm³/mol. The second-order valence-corrected chi connectivity index (χ2v) is 30.0. The third-order valence-corrected chi connectivity index (χ3v) is 21.4. The topological polar surface area (TPSA) is 400 Å². The first-order valence-corrected chi connectivity index (χ1v) is 36.3. The number of benzene rings is 8. The Labute approximate surface area is 614 Å². The molecule has 96 heavy (non-hydrogen) atoms. The monoisotopic (exact) mass is 1490 g/mol. The molecule has 0 aliphatic carbocycles. The fourth-order valence-electron chi connectivity index (χ4n) is 9.22. The Morgan fingerprint density at radius 3 is 0.781 bits per heavy atom. The van der Waals surface area contributed by atoms with E-state index in [0.717, 1.165) is 30.9 Å². The zero-order valence-electron chi connectivity index (χ0n) is 48.6. The van der Waals surface area contributed by atoms with E-state index in [1.165, 1.54) is 106 Å². The third kappa shape index (κ3) is 15.8. The number of nitrogens with one attached hydrogen (secondary N) is 4. The van der Waals surface area contributed by atoms with E-state index >= 15 is 0 Å². The van der Waals surface area contributed by atoms with Crippen molar-refractivity contribution in [2.24, 2.45) is 0 Å². The normalized spacial score (nSPS) is 11.8. The Hall–Kier alpha value is -7.24. The van der Waals surface area contributed by atoms with Gasteiger partial charge in [-0.05, 0) is 145 Å². The summed E-state index contributed by atoms with van der Waals surface area (Å²) in [6, 6.07) is 44.9. The van der Waals surface area contributed by atoms with Gasteiger partial charge < -0.3 is 30.4 Å². The van der Waals surface area contributed by atoms with Gasteiger partial charge in [0.2, 0.25) is 34.4 Å². The minimum Gasteiger partial charge on any atom is -0.744 e. The summed E-state index contributed by atoms with van der Waals surface area (Å²) < 4.78 is 142. The molecule has 26 nitrogen and oxygen atoms in total. The number of thiazole rings is 4.